The van der Waals surface area contributed by atoms with Gasteiger partial charge in [-0.05, 0) is 77.5 Å². The summed E-state index contributed by atoms with van der Waals surface area (Å²) in [5.41, 5.74) is 0.628. The molecule has 1 N–H and O–H groups in total. The van der Waals surface area contributed by atoms with Crippen LogP contribution in [0.3, 0.4) is 0 Å². The average Bonchev–Trinajstić information content (AvgIpc) is 2.70. The minimum Gasteiger partial charge on any atom is -0.462 e. The number of aromatic nitrogens is 1. The molecule has 3 rings (SSSR count). The number of hydrogen-bond acceptors (Lipinski definition) is 6. The lowest BCUT2D eigenvalue weighted by molar-refractivity contribution is 0.0526. The van der Waals surface area contributed by atoms with E-state index in [1.165, 1.54) is 18.2 Å². The Morgan fingerprint density at radius 3 is 2.31 bits per heavy atom. The number of rotatable bonds is 7. The van der Waals surface area contributed by atoms with Crippen LogP contribution in [0.2, 0.25) is 0 Å². The molecule has 29 heavy (non-hydrogen) atoms. The number of benzene rings is 2. The molecule has 3 aromatic rings. The summed E-state index contributed by atoms with van der Waals surface area (Å²) < 4.78 is 38.7. The lowest BCUT2D eigenvalue weighted by atomic mass is 10.2. The third kappa shape index (κ3) is 5.33. The Balaban J connectivity index is 1.74. The van der Waals surface area contributed by atoms with Crippen molar-refractivity contribution in [3.05, 3.63) is 77.0 Å². The van der Waals surface area contributed by atoms with Gasteiger partial charge < -0.3 is 9.47 Å². The van der Waals surface area contributed by atoms with E-state index >= 15 is 0 Å². The number of nitrogens with one attached hydrogen (secondary N) is 1. The van der Waals surface area contributed by atoms with Crippen molar-refractivity contribution < 1.29 is 22.7 Å². The number of sulfonamides is 1. The monoisotopic (exact) mass is 476 g/mol. The number of nitrogens with zero attached hydrogens (tertiary/aromatic N) is 1. The molecule has 0 unspecified atom stereocenters. The van der Waals surface area contributed by atoms with Gasteiger partial charge in [-0.1, -0.05) is 0 Å². The molecule has 0 aliphatic rings. The van der Waals surface area contributed by atoms with E-state index in [9.17, 15) is 13.2 Å². The Hall–Kier alpha value is -2.91. The van der Waals surface area contributed by atoms with E-state index in [-0.39, 0.29) is 21.5 Å². The fourth-order valence-corrected chi connectivity index (χ4v) is 4.54. The summed E-state index contributed by atoms with van der Waals surface area (Å²) in [5.74, 6) is 0.660. The predicted molar refractivity (Wildman–Crippen MR) is 112 cm³/mol. The van der Waals surface area contributed by atoms with Gasteiger partial charge in [-0.2, -0.15) is 0 Å². The van der Waals surface area contributed by atoms with E-state index < -0.39 is 16.0 Å². The highest BCUT2D eigenvalue weighted by Crippen LogP contribution is 2.27. The molecule has 0 spiro atoms. The maximum Gasteiger partial charge on any atom is 0.338 e. The second-order valence-corrected chi connectivity index (χ2v) is 8.29. The number of carbonyl (C=O) groups excluding carboxylic acids is 1. The molecule has 0 saturated heterocycles. The van der Waals surface area contributed by atoms with Gasteiger partial charge in [0.15, 0.2) is 0 Å². The molecule has 0 fully saturated rings. The van der Waals surface area contributed by atoms with E-state index in [0.717, 1.165) is 0 Å². The molecule has 0 atom stereocenters. The van der Waals surface area contributed by atoms with Gasteiger partial charge in [-0.15, -0.1) is 0 Å². The molecule has 0 bridgehead atoms. The largest absolute Gasteiger partial charge is 0.462 e. The number of carbonyl (C=O) groups is 1. The van der Waals surface area contributed by atoms with Crippen molar-refractivity contribution in [2.24, 2.45) is 0 Å². The van der Waals surface area contributed by atoms with Crippen LogP contribution >= 0.6 is 15.9 Å². The van der Waals surface area contributed by atoms with Crippen LogP contribution in [0.1, 0.15) is 17.3 Å². The second-order valence-electron chi connectivity index (χ2n) is 5.78. The van der Waals surface area contributed by atoms with E-state index in [1.54, 1.807) is 55.7 Å². The molecule has 1 heterocycles. The van der Waals surface area contributed by atoms with E-state index in [1.807, 2.05) is 0 Å². The molecular formula is C20H17BrN2O5S. The zero-order valence-corrected chi connectivity index (χ0v) is 17.7. The Labute approximate surface area is 176 Å². The lowest BCUT2D eigenvalue weighted by Crippen LogP contribution is -2.14. The number of pyridine rings is 1. The number of esters is 1. The third-order valence-corrected chi connectivity index (χ3v) is 6.08. The quantitative estimate of drug-likeness (QED) is 0.500. The average molecular weight is 477 g/mol. The summed E-state index contributed by atoms with van der Waals surface area (Å²) in [4.78, 5) is 15.7. The second kappa shape index (κ2) is 9.06. The van der Waals surface area contributed by atoms with Crippen LogP contribution < -0.4 is 9.46 Å². The van der Waals surface area contributed by atoms with Crippen LogP contribution in [0, 0.1) is 0 Å². The molecule has 0 aliphatic heterocycles. The molecule has 2 aromatic carbocycles. The smallest absolute Gasteiger partial charge is 0.338 e. The first-order valence-corrected chi connectivity index (χ1v) is 10.8. The first-order valence-electron chi connectivity index (χ1n) is 8.56. The molecule has 7 nitrogen and oxygen atoms in total. The Bertz CT molecular complexity index is 1100. The van der Waals surface area contributed by atoms with Crippen molar-refractivity contribution in [3.8, 4) is 11.5 Å². The molecule has 9 heteroatoms. The van der Waals surface area contributed by atoms with Crippen molar-refractivity contribution in [3.63, 3.8) is 0 Å². The summed E-state index contributed by atoms with van der Waals surface area (Å²) in [6, 6.07) is 14.1. The van der Waals surface area contributed by atoms with Gasteiger partial charge in [-0.25, -0.2) is 13.2 Å². The highest BCUT2D eigenvalue weighted by atomic mass is 79.9. The maximum atomic E-state index is 12.7. The zero-order chi connectivity index (χ0) is 20.9. The summed E-state index contributed by atoms with van der Waals surface area (Å²) in [5, 5.41) is 0. The van der Waals surface area contributed by atoms with Crippen LogP contribution in [0.5, 0.6) is 11.5 Å². The Morgan fingerprint density at radius 1 is 1.03 bits per heavy atom. The van der Waals surface area contributed by atoms with Gasteiger partial charge in [-0.3, -0.25) is 9.71 Å². The highest BCUT2D eigenvalue weighted by molar-refractivity contribution is 9.10. The van der Waals surface area contributed by atoms with Crippen LogP contribution in [-0.2, 0) is 14.8 Å². The topological polar surface area (TPSA) is 94.6 Å². The van der Waals surface area contributed by atoms with Crippen LogP contribution in [0.15, 0.2) is 76.4 Å². The maximum absolute atomic E-state index is 12.7. The first kappa shape index (κ1) is 20.8. The van der Waals surface area contributed by atoms with E-state index in [0.29, 0.717) is 17.2 Å². The van der Waals surface area contributed by atoms with Crippen molar-refractivity contribution in [2.75, 3.05) is 11.3 Å². The third-order valence-electron chi connectivity index (χ3n) is 3.72. The molecule has 0 radical (unpaired) electrons. The summed E-state index contributed by atoms with van der Waals surface area (Å²) >= 11 is 3.21. The minimum absolute atomic E-state index is 0.00246. The molecule has 1 aromatic heterocycles. The Kier molecular flexibility index (Phi) is 6.50. The molecule has 0 aliphatic carbocycles. The fraction of sp³-hybridized carbons (Fsp3) is 0.100. The Morgan fingerprint density at radius 2 is 1.69 bits per heavy atom. The van der Waals surface area contributed by atoms with Crippen molar-refractivity contribution in [1.29, 1.82) is 0 Å². The van der Waals surface area contributed by atoms with Gasteiger partial charge in [0.1, 0.15) is 16.4 Å². The molecular weight excluding hydrogens is 460 g/mol. The van der Waals surface area contributed by atoms with Crippen LogP contribution in [-0.4, -0.2) is 26.0 Å². The standard InChI is InChI=1S/C20H17BrN2O5S/c1-2-27-20(24)14-3-8-19(18(21)13-14)29(25,26)23-15-4-6-16(7-5-15)28-17-9-11-22-12-10-17/h3-13,23H,2H2,1H3. The van der Waals surface area contributed by atoms with Crippen molar-refractivity contribution in [2.45, 2.75) is 11.8 Å². The number of ether oxygens (including phenoxy) is 2. The van der Waals surface area contributed by atoms with Gasteiger partial charge >= 0.3 is 5.97 Å². The number of anilines is 1. The highest BCUT2D eigenvalue weighted by Gasteiger charge is 2.20. The van der Waals surface area contributed by atoms with Crippen LogP contribution in [0.25, 0.3) is 0 Å². The number of halogens is 1. The van der Waals surface area contributed by atoms with Gasteiger partial charge in [0, 0.05) is 22.6 Å². The van der Waals surface area contributed by atoms with Gasteiger partial charge in [0.2, 0.25) is 0 Å². The fourth-order valence-electron chi connectivity index (χ4n) is 2.40. The van der Waals surface area contributed by atoms with Crippen LogP contribution in [0.4, 0.5) is 5.69 Å². The van der Waals surface area contributed by atoms with E-state index in [2.05, 4.69) is 25.6 Å². The predicted octanol–water partition coefficient (Wildman–Crippen LogP) is 4.61. The summed E-state index contributed by atoms with van der Waals surface area (Å²) in [6.07, 6.45) is 3.23. The zero-order valence-electron chi connectivity index (χ0n) is 15.3. The SMILES string of the molecule is CCOC(=O)c1ccc(S(=O)(=O)Nc2ccc(Oc3ccncc3)cc2)c(Br)c1. The molecule has 0 amide bonds. The van der Waals surface area contributed by atoms with Gasteiger partial charge in [0.25, 0.3) is 10.0 Å². The summed E-state index contributed by atoms with van der Waals surface area (Å²) in [7, 11) is -3.87. The minimum atomic E-state index is -3.87. The lowest BCUT2D eigenvalue weighted by Gasteiger charge is -2.11. The van der Waals surface area contributed by atoms with Crippen molar-refractivity contribution in [1.82, 2.24) is 4.98 Å². The van der Waals surface area contributed by atoms with Gasteiger partial charge in [0.05, 0.1) is 12.2 Å². The molecule has 0 saturated carbocycles. The van der Waals surface area contributed by atoms with Crippen molar-refractivity contribution >= 4 is 37.6 Å². The first-order chi connectivity index (χ1) is 13.9. The number of hydrogen-bond donors (Lipinski definition) is 1. The normalized spacial score (nSPS) is 11.0. The summed E-state index contributed by atoms with van der Waals surface area (Å²) in [6.45, 7) is 1.93. The molecule has 150 valence electrons. The van der Waals surface area contributed by atoms with E-state index in [4.69, 9.17) is 9.47 Å².